The van der Waals surface area contributed by atoms with Gasteiger partial charge in [-0.1, -0.05) is 29.3 Å². The minimum absolute atomic E-state index is 0. The molecule has 4 nitrogen and oxygen atoms in total. The molecule has 0 amide bonds. The van der Waals surface area contributed by atoms with Crippen LogP contribution in [0.25, 0.3) is 0 Å². The summed E-state index contributed by atoms with van der Waals surface area (Å²) in [7, 11) is 1.62. The van der Waals surface area contributed by atoms with Crippen LogP contribution >= 0.6 is 47.2 Å². The molecule has 0 spiro atoms. The van der Waals surface area contributed by atoms with Gasteiger partial charge < -0.3 is 10.6 Å². The molecule has 0 aliphatic carbocycles. The largest absolute Gasteiger partial charge is 0.401 e. The summed E-state index contributed by atoms with van der Waals surface area (Å²) in [4.78, 5) is 5.54. The number of hydrogen-bond donors (Lipinski definition) is 2. The zero-order chi connectivity index (χ0) is 18.6. The Balaban J connectivity index is 0.00000338. The van der Waals surface area contributed by atoms with Crippen LogP contribution in [0.2, 0.25) is 10.0 Å². The van der Waals surface area contributed by atoms with Crippen LogP contribution in [-0.2, 0) is 0 Å². The lowest BCUT2D eigenvalue weighted by atomic mass is 10.1. The quantitative estimate of drug-likeness (QED) is 0.347. The van der Waals surface area contributed by atoms with Crippen molar-refractivity contribution in [2.45, 2.75) is 31.6 Å². The third-order valence-corrected chi connectivity index (χ3v) is 4.58. The maximum atomic E-state index is 12.5. The first-order valence-corrected chi connectivity index (χ1v) is 8.67. The van der Waals surface area contributed by atoms with Crippen LogP contribution in [0.3, 0.4) is 0 Å². The fourth-order valence-corrected chi connectivity index (χ4v) is 3.42. The maximum Gasteiger partial charge on any atom is 0.401 e. The van der Waals surface area contributed by atoms with E-state index in [2.05, 4.69) is 15.6 Å². The van der Waals surface area contributed by atoms with Gasteiger partial charge in [0.05, 0.1) is 12.6 Å². The standard InChI is InChI=1S/C16H21Cl2F3N4.HI/c1-10(13-4-3-11(17)7-14(13)18)23-15(22-2)24-12-5-6-25(8-12)9-16(19,20)21;/h3-4,7,10,12H,5-6,8-9H2,1-2H3,(H2,22,23,24);1H. The van der Waals surface area contributed by atoms with Gasteiger partial charge in [0.25, 0.3) is 0 Å². The molecule has 1 aromatic carbocycles. The van der Waals surface area contributed by atoms with Crippen molar-refractivity contribution in [1.82, 2.24) is 15.5 Å². The lowest BCUT2D eigenvalue weighted by molar-refractivity contribution is -0.143. The Bertz CT molecular complexity index is 628. The second-order valence-electron chi connectivity index (χ2n) is 6.08. The topological polar surface area (TPSA) is 39.7 Å². The molecule has 0 bridgehead atoms. The fraction of sp³-hybridized carbons (Fsp3) is 0.562. The van der Waals surface area contributed by atoms with Crippen molar-refractivity contribution in [3.63, 3.8) is 0 Å². The average Bonchev–Trinajstić information content (AvgIpc) is 2.91. The highest BCUT2D eigenvalue weighted by molar-refractivity contribution is 14.0. The van der Waals surface area contributed by atoms with Crippen molar-refractivity contribution in [1.29, 1.82) is 0 Å². The van der Waals surface area contributed by atoms with Gasteiger partial charge in [0.15, 0.2) is 5.96 Å². The minimum Gasteiger partial charge on any atom is -0.352 e. The van der Waals surface area contributed by atoms with Crippen LogP contribution in [0.15, 0.2) is 23.2 Å². The van der Waals surface area contributed by atoms with Crippen molar-refractivity contribution >= 4 is 53.1 Å². The van der Waals surface area contributed by atoms with Gasteiger partial charge in [-0.25, -0.2) is 0 Å². The minimum atomic E-state index is -4.17. The maximum absolute atomic E-state index is 12.5. The predicted molar refractivity (Wildman–Crippen MR) is 111 cm³/mol. The van der Waals surface area contributed by atoms with Gasteiger partial charge in [-0.05, 0) is 31.0 Å². The van der Waals surface area contributed by atoms with Crippen LogP contribution in [0.5, 0.6) is 0 Å². The summed E-state index contributed by atoms with van der Waals surface area (Å²) in [5.41, 5.74) is 0.860. The van der Waals surface area contributed by atoms with Gasteiger partial charge in [-0.3, -0.25) is 9.89 Å². The smallest absolute Gasteiger partial charge is 0.352 e. The first kappa shape index (κ1) is 23.6. The number of alkyl halides is 3. The van der Waals surface area contributed by atoms with E-state index in [4.69, 9.17) is 23.2 Å². The van der Waals surface area contributed by atoms with Crippen molar-refractivity contribution in [2.24, 2.45) is 4.99 Å². The molecule has 2 N–H and O–H groups in total. The van der Waals surface area contributed by atoms with E-state index >= 15 is 0 Å². The lowest BCUT2D eigenvalue weighted by Crippen LogP contribution is -2.45. The summed E-state index contributed by atoms with van der Waals surface area (Å²) in [6.07, 6.45) is -3.54. The molecule has 1 aromatic rings. The normalized spacial score (nSPS) is 19.8. The van der Waals surface area contributed by atoms with E-state index in [-0.39, 0.29) is 36.1 Å². The summed E-state index contributed by atoms with van der Waals surface area (Å²) >= 11 is 12.1. The second-order valence-corrected chi connectivity index (χ2v) is 6.93. The first-order chi connectivity index (χ1) is 11.7. The SMILES string of the molecule is CN=C(NC1CCN(CC(F)(F)F)C1)NC(C)c1ccc(Cl)cc1Cl.I. The summed E-state index contributed by atoms with van der Waals surface area (Å²) in [6, 6.07) is 5.03. The molecule has 0 aromatic heterocycles. The van der Waals surface area contributed by atoms with E-state index in [0.29, 0.717) is 35.5 Å². The predicted octanol–water partition coefficient (Wildman–Crippen LogP) is 4.47. The number of guanidine groups is 1. The Morgan fingerprint density at radius 3 is 2.65 bits per heavy atom. The van der Waals surface area contributed by atoms with Gasteiger partial charge in [-0.2, -0.15) is 13.2 Å². The van der Waals surface area contributed by atoms with Crippen molar-refractivity contribution in [3.05, 3.63) is 33.8 Å². The summed E-state index contributed by atoms with van der Waals surface area (Å²) in [5.74, 6) is 0.525. The third kappa shape index (κ3) is 7.28. The van der Waals surface area contributed by atoms with Crippen molar-refractivity contribution in [2.75, 3.05) is 26.7 Å². The van der Waals surface area contributed by atoms with Gasteiger partial charge in [-0.15, -0.1) is 24.0 Å². The molecule has 1 aliphatic heterocycles. The van der Waals surface area contributed by atoms with Gasteiger partial charge in [0.2, 0.25) is 0 Å². The molecule has 0 saturated carbocycles. The molecule has 10 heteroatoms. The number of nitrogens with zero attached hydrogens (tertiary/aromatic N) is 2. The monoisotopic (exact) mass is 524 g/mol. The Hall–Kier alpha value is -0.450. The van der Waals surface area contributed by atoms with E-state index in [1.807, 2.05) is 13.0 Å². The highest BCUT2D eigenvalue weighted by atomic mass is 127. The number of hydrogen-bond acceptors (Lipinski definition) is 2. The van der Waals surface area contributed by atoms with Crippen LogP contribution < -0.4 is 10.6 Å². The molecule has 148 valence electrons. The molecule has 26 heavy (non-hydrogen) atoms. The molecule has 1 heterocycles. The van der Waals surface area contributed by atoms with Gasteiger partial charge >= 0.3 is 6.18 Å². The van der Waals surface area contributed by atoms with Crippen LogP contribution in [0.4, 0.5) is 13.2 Å². The summed E-state index contributed by atoms with van der Waals surface area (Å²) in [5, 5.41) is 7.47. The molecule has 2 rings (SSSR count). The number of benzene rings is 1. The van der Waals surface area contributed by atoms with Crippen molar-refractivity contribution in [3.8, 4) is 0 Å². The molecular formula is C16H22Cl2F3IN4. The van der Waals surface area contributed by atoms with E-state index in [1.165, 1.54) is 4.90 Å². The Labute approximate surface area is 178 Å². The third-order valence-electron chi connectivity index (χ3n) is 4.02. The van der Waals surface area contributed by atoms with E-state index in [1.54, 1.807) is 19.2 Å². The van der Waals surface area contributed by atoms with E-state index < -0.39 is 12.7 Å². The van der Waals surface area contributed by atoms with E-state index in [0.717, 1.165) is 5.56 Å². The summed E-state index contributed by atoms with van der Waals surface area (Å²) in [6.45, 7) is 1.78. The second kappa shape index (κ2) is 10.2. The lowest BCUT2D eigenvalue weighted by Gasteiger charge is -2.22. The zero-order valence-corrected chi connectivity index (χ0v) is 18.2. The van der Waals surface area contributed by atoms with Gasteiger partial charge in [0, 0.05) is 36.2 Å². The number of rotatable bonds is 4. The number of nitrogens with one attached hydrogen (secondary N) is 2. The number of aliphatic imine (C=N–C) groups is 1. The Morgan fingerprint density at radius 2 is 2.08 bits per heavy atom. The van der Waals surface area contributed by atoms with E-state index in [9.17, 15) is 13.2 Å². The Kier molecular flexibility index (Phi) is 9.25. The number of likely N-dealkylation sites (tertiary alicyclic amines) is 1. The van der Waals surface area contributed by atoms with Gasteiger partial charge in [0.1, 0.15) is 0 Å². The molecule has 2 atom stereocenters. The summed E-state index contributed by atoms with van der Waals surface area (Å²) < 4.78 is 37.4. The number of halogens is 6. The molecule has 1 fully saturated rings. The van der Waals surface area contributed by atoms with Crippen molar-refractivity contribution < 1.29 is 13.2 Å². The highest BCUT2D eigenvalue weighted by Gasteiger charge is 2.34. The zero-order valence-electron chi connectivity index (χ0n) is 14.4. The highest BCUT2D eigenvalue weighted by Crippen LogP contribution is 2.26. The molecule has 1 aliphatic rings. The molecule has 1 saturated heterocycles. The van der Waals surface area contributed by atoms with Crippen LogP contribution in [0, 0.1) is 0 Å². The molecule has 2 unspecified atom stereocenters. The first-order valence-electron chi connectivity index (χ1n) is 7.92. The fourth-order valence-electron chi connectivity index (χ4n) is 2.85. The average molecular weight is 525 g/mol. The molecular weight excluding hydrogens is 503 g/mol. The van der Waals surface area contributed by atoms with Crippen LogP contribution in [0.1, 0.15) is 24.9 Å². The molecule has 0 radical (unpaired) electrons. The Morgan fingerprint density at radius 1 is 1.38 bits per heavy atom. The van der Waals surface area contributed by atoms with Crippen LogP contribution in [-0.4, -0.2) is 49.8 Å².